The SMILES string of the molecule is CCC(CO)OC(CO)OC.CCC(CO)OC(COC(=O)CCCC(=O)NCCCNC(=O)CSSC)OC.CCC(CO)OC(COC(=O)CCCC(=O)NCCCOC(=O)[C@@H](C)C[C@H](Cc1ccc(O)cc1)NC(=O)c1csc([C@@H](C[C@H](C(C)C)N(COC(=O)CC(C)C)C(=O)[C@@H](NC(=O)[C@H]2CCCCN2C)[C@@H](C)CC)OC(C)=O)n1)OC.CCC(CO)OC(COC(=O)CCCC(=O)O)OC. The van der Waals surface area contributed by atoms with Gasteiger partial charge in [0.05, 0.1) is 81.8 Å². The highest BCUT2D eigenvalue weighted by atomic mass is 33.1. The molecule has 15 atom stereocenters. The van der Waals surface area contributed by atoms with Crippen molar-refractivity contribution in [1.82, 2.24) is 41.4 Å². The first kappa shape index (κ1) is 132. The maximum Gasteiger partial charge on any atom is 0.308 e. The molecule has 1 aromatic heterocycles. The highest BCUT2D eigenvalue weighted by Crippen LogP contribution is 2.33. The Morgan fingerprint density at radius 1 is 0.564 bits per heavy atom. The minimum absolute atomic E-state index is 0.000211. The van der Waals surface area contributed by atoms with Crippen molar-refractivity contribution >= 4 is 110 Å². The number of likely N-dealkylation sites (N-methyl/N-ethyl adjacent to an activating group) is 1. The number of amides is 6. The van der Waals surface area contributed by atoms with Crippen LogP contribution in [-0.2, 0) is 130 Å². The van der Waals surface area contributed by atoms with Crippen molar-refractivity contribution in [3.05, 3.63) is 45.9 Å². The lowest BCUT2D eigenvalue weighted by Gasteiger charge is -2.39. The van der Waals surface area contributed by atoms with E-state index in [1.807, 2.05) is 87.4 Å². The van der Waals surface area contributed by atoms with Gasteiger partial charge in [0.15, 0.2) is 38.0 Å². The summed E-state index contributed by atoms with van der Waals surface area (Å²) in [6.07, 6.45) is 4.78. The van der Waals surface area contributed by atoms with Gasteiger partial charge in [-0.1, -0.05) is 123 Å². The van der Waals surface area contributed by atoms with E-state index in [0.717, 1.165) is 36.3 Å². The van der Waals surface area contributed by atoms with Crippen molar-refractivity contribution in [3.8, 4) is 5.75 Å². The van der Waals surface area contributed by atoms with E-state index in [1.54, 1.807) is 29.9 Å². The predicted molar refractivity (Wildman–Crippen MR) is 522 cm³/mol. The number of aromatic hydroxyl groups is 1. The first-order chi connectivity index (χ1) is 66.8. The van der Waals surface area contributed by atoms with Crippen LogP contribution >= 0.6 is 32.9 Å². The molecule has 1 fully saturated rings. The van der Waals surface area contributed by atoms with Crippen LogP contribution in [0.15, 0.2) is 29.6 Å². The van der Waals surface area contributed by atoms with E-state index >= 15 is 0 Å². The number of methoxy groups -OCH3 is 4. The molecule has 1 aromatic carbocycles. The van der Waals surface area contributed by atoms with E-state index in [1.165, 1.54) is 68.6 Å². The molecule has 42 nitrogen and oxygen atoms in total. The molecule has 12 N–H and O–H groups in total. The normalized spacial score (nSPS) is 15.4. The second-order valence-electron chi connectivity index (χ2n) is 33.9. The number of carbonyl (C=O) groups is 13. The number of benzene rings is 1. The second kappa shape index (κ2) is 80.3. The topological polar surface area (TPSA) is 572 Å². The maximum atomic E-state index is 15.0. The highest BCUT2D eigenvalue weighted by molar-refractivity contribution is 8.76. The number of phenols is 1. The predicted octanol–water partition coefficient (Wildman–Crippen LogP) is 7.53. The Morgan fingerprint density at radius 3 is 1.47 bits per heavy atom. The number of aliphatic hydroxyl groups excluding tert-OH is 5. The van der Waals surface area contributed by atoms with Crippen molar-refractivity contribution in [2.24, 2.45) is 23.7 Å². The third-order valence-electron chi connectivity index (χ3n) is 21.7. The number of aliphatic carboxylic acids is 1. The molecule has 0 bridgehead atoms. The molecule has 2 heterocycles. The molecule has 45 heteroatoms. The molecule has 0 spiro atoms. The van der Waals surface area contributed by atoms with Gasteiger partial charge < -0.3 is 134 Å². The van der Waals surface area contributed by atoms with E-state index in [4.69, 9.17) is 91.8 Å². The number of carbonyl (C=O) groups excluding carboxylic acids is 12. The number of hydrogen-bond donors (Lipinski definition) is 12. The lowest BCUT2D eigenvalue weighted by atomic mass is 9.92. The molecule has 0 radical (unpaired) electrons. The molecule has 806 valence electrons. The van der Waals surface area contributed by atoms with Crippen LogP contribution in [-0.4, -0.2) is 341 Å². The molecule has 0 aliphatic carbocycles. The first-order valence-electron chi connectivity index (χ1n) is 48.0. The quantitative estimate of drug-likeness (QED) is 0.0100. The Hall–Kier alpha value is -8.10. The fraction of sp³-hybridized carbons (Fsp3) is 0.768. The van der Waals surface area contributed by atoms with E-state index in [2.05, 4.69) is 31.6 Å². The van der Waals surface area contributed by atoms with Gasteiger partial charge >= 0.3 is 41.8 Å². The number of hydrogen-bond acceptors (Lipinski definition) is 38. The average Bonchev–Trinajstić information content (AvgIpc) is 1.71. The number of likely N-dealkylation sites (tertiary alicyclic amines) is 1. The number of piperidine rings is 1. The number of nitrogens with one attached hydrogen (secondary N) is 5. The fourth-order valence-electron chi connectivity index (χ4n) is 13.1. The number of esters is 6. The van der Waals surface area contributed by atoms with Crippen molar-refractivity contribution in [2.45, 2.75) is 311 Å². The third-order valence-corrected chi connectivity index (χ3v) is 24.3. The number of carboxylic acids is 1. The molecule has 140 heavy (non-hydrogen) atoms. The summed E-state index contributed by atoms with van der Waals surface area (Å²) in [7, 11) is 10.6. The van der Waals surface area contributed by atoms with Gasteiger partial charge in [-0.2, -0.15) is 0 Å². The van der Waals surface area contributed by atoms with Crippen molar-refractivity contribution < 1.29 is 164 Å². The minimum Gasteiger partial charge on any atom is -0.508 e. The van der Waals surface area contributed by atoms with Crippen molar-refractivity contribution in [1.29, 1.82) is 0 Å². The number of carboxylic acid groups (broad SMARTS) is 1. The zero-order valence-corrected chi connectivity index (χ0v) is 87.7. The maximum absolute atomic E-state index is 15.0. The van der Waals surface area contributed by atoms with Gasteiger partial charge in [-0.25, -0.2) is 4.98 Å². The Balaban J connectivity index is 0.00000262. The summed E-state index contributed by atoms with van der Waals surface area (Å²) in [6.45, 7) is 22.2. The standard InChI is InChI=1S/C58H92N6O16S.C18H34N2O7S2.C12H22O7.C7H16O4/c1-12-38(7)53(62-55(72)46-18-14-15-26-63(46)10)57(73)64(35-78-51(70)28-36(3)4)47(37(5)6)31-48(79-40(9)66)56-61-45(34-81-56)54(71)60-42(30-41-21-23-43(67)24-22-41)29-39(8)58(74)76-27-17-25-59-49(68)19-16-20-50(69)77-33-52(75-11)80-44(13-2)32-65;1-4-14(11-21)27-18(25-2)12-26-17(24)8-5-7-15(22)19-9-6-10-20-16(23)13-29-28-3;1-3-9(7-13)19-12(17-2)8-18-11(16)6-4-5-10(14)15;1-3-6(4-8)11-7(5-9)10-2/h21-24,34,36-39,42,44,46-48,52-53,65,67H,12-20,25-33,35H2,1-11H3,(H,59,68)(H,60,71)(H,62,72);14,18,21H,4-13H2,1-3H3,(H,19,22)(H,20,23);9,12-13H,3-8H2,1-2H3,(H,14,15);6-9H,3-5H2,1-2H3/t38-,39-,42+,44?,46+,47+,48+,52?,53-;;;/m0.../s1. The van der Waals surface area contributed by atoms with Crippen LogP contribution in [0.4, 0.5) is 0 Å². The molecular weight excluding hydrogens is 1890 g/mol. The Morgan fingerprint density at radius 2 is 1.04 bits per heavy atom. The van der Waals surface area contributed by atoms with E-state index in [9.17, 15) is 72.5 Å². The van der Waals surface area contributed by atoms with Crippen LogP contribution in [0.25, 0.3) is 0 Å². The van der Waals surface area contributed by atoms with Crippen LogP contribution in [0.3, 0.4) is 0 Å². The second-order valence-corrected chi connectivity index (χ2v) is 37.4. The van der Waals surface area contributed by atoms with Gasteiger partial charge in [0.1, 0.15) is 42.3 Å². The Labute approximate surface area is 837 Å². The third kappa shape index (κ3) is 61.1. The lowest BCUT2D eigenvalue weighted by molar-refractivity contribution is -0.194. The summed E-state index contributed by atoms with van der Waals surface area (Å²) in [6, 6.07) is 3.71. The summed E-state index contributed by atoms with van der Waals surface area (Å²) >= 11 is 1.08. The fourth-order valence-corrected chi connectivity index (χ4v) is 15.0. The molecule has 0 saturated carbocycles. The van der Waals surface area contributed by atoms with E-state index in [0.29, 0.717) is 76.6 Å². The molecule has 1 aliphatic rings. The number of aromatic nitrogens is 1. The number of ether oxygens (including phenoxy) is 14. The summed E-state index contributed by atoms with van der Waals surface area (Å²) in [5, 5.41) is 79.3. The van der Waals surface area contributed by atoms with Gasteiger partial charge in [-0.15, -0.1) is 11.3 Å². The number of phenolic OH excluding ortho intramolecular Hbond substituents is 1. The van der Waals surface area contributed by atoms with Crippen LogP contribution in [0.1, 0.15) is 252 Å². The molecule has 3 rings (SSSR count). The molecule has 6 amide bonds. The summed E-state index contributed by atoms with van der Waals surface area (Å²) < 4.78 is 73.8. The highest BCUT2D eigenvalue weighted by Gasteiger charge is 2.40. The number of thiazole rings is 1. The molecule has 2 aromatic rings. The van der Waals surface area contributed by atoms with E-state index in [-0.39, 0.29) is 219 Å². The van der Waals surface area contributed by atoms with Crippen LogP contribution in [0.2, 0.25) is 0 Å². The van der Waals surface area contributed by atoms with Crippen LogP contribution in [0.5, 0.6) is 5.75 Å². The van der Waals surface area contributed by atoms with Crippen LogP contribution in [0, 0.1) is 23.7 Å². The van der Waals surface area contributed by atoms with Gasteiger partial charge in [0.25, 0.3) is 5.91 Å². The average molecular weight is 2060 g/mol. The van der Waals surface area contributed by atoms with E-state index < -0.39 is 128 Å². The molecule has 1 aliphatic heterocycles. The van der Waals surface area contributed by atoms with Gasteiger partial charge in [-0.3, -0.25) is 67.2 Å². The van der Waals surface area contributed by atoms with Crippen molar-refractivity contribution in [2.75, 3.05) is 140 Å². The smallest absolute Gasteiger partial charge is 0.308 e. The largest absolute Gasteiger partial charge is 0.508 e. The monoisotopic (exact) mass is 2060 g/mol. The van der Waals surface area contributed by atoms with Crippen molar-refractivity contribution in [3.63, 3.8) is 0 Å². The zero-order chi connectivity index (χ0) is 105. The zero-order valence-electron chi connectivity index (χ0n) is 85.3. The number of nitrogens with zero attached hydrogens (tertiary/aromatic N) is 3. The van der Waals surface area contributed by atoms with Gasteiger partial charge in [0, 0.05) is 124 Å². The Bertz CT molecular complexity index is 3740. The minimum atomic E-state index is -1.06. The number of rotatable bonds is 72. The first-order valence-corrected chi connectivity index (χ1v) is 51.6. The van der Waals surface area contributed by atoms with Crippen LogP contribution < -0.4 is 26.6 Å². The van der Waals surface area contributed by atoms with Gasteiger partial charge in [0.2, 0.25) is 29.5 Å². The number of aliphatic hydroxyl groups is 5. The lowest BCUT2D eigenvalue weighted by Crippen LogP contribution is -2.59. The van der Waals surface area contributed by atoms with Gasteiger partial charge in [-0.05, 0) is 139 Å². The summed E-state index contributed by atoms with van der Waals surface area (Å²) in [5.74, 6) is -6.64. The molecular formula is C95H164N8O34S3. The summed E-state index contributed by atoms with van der Waals surface area (Å²) in [4.78, 5) is 171. The summed E-state index contributed by atoms with van der Waals surface area (Å²) in [5.41, 5.74) is 0.772. The molecule has 8 unspecified atom stereocenters. The molecule has 1 saturated heterocycles. The Kier molecular flexibility index (Phi) is 75.6.